The Labute approximate surface area is 176 Å². The Balaban J connectivity index is 0.00000225. The van der Waals surface area contributed by atoms with E-state index in [1.54, 1.807) is 7.11 Å². The maximum Gasteiger partial charge on any atom is 0.189 e. The third-order valence-electron chi connectivity index (χ3n) is 4.98. The molecule has 0 aliphatic heterocycles. The number of aromatic nitrogens is 1. The molecule has 1 heterocycles. The van der Waals surface area contributed by atoms with Gasteiger partial charge in [0.25, 0.3) is 0 Å². The number of hydrogen-bond donors (Lipinski definition) is 0. The van der Waals surface area contributed by atoms with E-state index in [4.69, 9.17) is 4.74 Å². The normalized spacial score (nSPS) is 14.3. The summed E-state index contributed by atoms with van der Waals surface area (Å²) in [5.74, 6) is 0.834. The fourth-order valence-corrected chi connectivity index (χ4v) is 3.47. The highest BCUT2D eigenvalue weighted by Crippen LogP contribution is 2.29. The molecule has 0 atom stereocenters. The van der Waals surface area contributed by atoms with Gasteiger partial charge in [0.2, 0.25) is 0 Å². The summed E-state index contributed by atoms with van der Waals surface area (Å²) in [6, 6.07) is 20.3. The quantitative estimate of drug-likeness (QED) is 0.455. The molecule has 142 valence electrons. The van der Waals surface area contributed by atoms with Crippen molar-refractivity contribution < 1.29 is 31.1 Å². The van der Waals surface area contributed by atoms with Gasteiger partial charge >= 0.3 is 0 Å². The molecule has 0 amide bonds. The van der Waals surface area contributed by atoms with Gasteiger partial charge in [-0.15, -0.1) is 0 Å². The Morgan fingerprint density at radius 3 is 2.46 bits per heavy atom. The van der Waals surface area contributed by atoms with Crippen LogP contribution in [0.1, 0.15) is 33.5 Å². The van der Waals surface area contributed by atoms with Gasteiger partial charge in [-0.1, -0.05) is 36.4 Å². The second-order valence-electron chi connectivity index (χ2n) is 6.81. The van der Waals surface area contributed by atoms with Crippen LogP contribution in [0.3, 0.4) is 0 Å². The third kappa shape index (κ3) is 4.39. The predicted octanol–water partition coefficient (Wildman–Crippen LogP) is 1.25. The molecular formula is C24H22BrNO2. The zero-order valence-corrected chi connectivity index (χ0v) is 17.4. The molecule has 0 spiro atoms. The van der Waals surface area contributed by atoms with E-state index in [0.29, 0.717) is 0 Å². The molecule has 4 rings (SSSR count). The molecule has 2 aromatic carbocycles. The standard InChI is InChI=1S/C24H22NO2.BrH/c1-27-22-10-9-20-7-8-21(24(26)23(20)16-22)15-18-11-13-25(14-12-18)17-19-5-3-2-4-6-19;/h2-6,9-16H,7-8,17H2,1H3;1H/q+1;/p-1. The van der Waals surface area contributed by atoms with E-state index < -0.39 is 0 Å². The van der Waals surface area contributed by atoms with Crippen molar-refractivity contribution >= 4 is 11.9 Å². The average Bonchev–Trinajstić information content (AvgIpc) is 2.72. The number of carbonyl (C=O) groups excluding carboxylic acids is 1. The van der Waals surface area contributed by atoms with Crippen LogP contribution in [0.5, 0.6) is 5.75 Å². The minimum atomic E-state index is 0. The van der Waals surface area contributed by atoms with E-state index in [1.165, 1.54) is 5.56 Å². The Morgan fingerprint density at radius 2 is 1.75 bits per heavy atom. The van der Waals surface area contributed by atoms with Gasteiger partial charge < -0.3 is 21.7 Å². The highest BCUT2D eigenvalue weighted by molar-refractivity contribution is 6.13. The molecule has 0 radical (unpaired) electrons. The fourth-order valence-electron chi connectivity index (χ4n) is 3.47. The third-order valence-corrected chi connectivity index (χ3v) is 4.98. The van der Waals surface area contributed by atoms with Crippen molar-refractivity contribution in [1.29, 1.82) is 0 Å². The largest absolute Gasteiger partial charge is 1.00 e. The number of rotatable bonds is 4. The Kier molecular flexibility index (Phi) is 6.42. The van der Waals surface area contributed by atoms with Gasteiger partial charge in [0.1, 0.15) is 5.75 Å². The van der Waals surface area contributed by atoms with E-state index in [-0.39, 0.29) is 22.8 Å². The molecule has 1 aliphatic rings. The number of carbonyl (C=O) groups is 1. The van der Waals surface area contributed by atoms with Gasteiger partial charge in [-0.05, 0) is 42.2 Å². The lowest BCUT2D eigenvalue weighted by atomic mass is 9.86. The van der Waals surface area contributed by atoms with Crippen molar-refractivity contribution in [2.75, 3.05) is 7.11 Å². The van der Waals surface area contributed by atoms with E-state index in [0.717, 1.165) is 47.4 Å². The molecule has 3 aromatic rings. The second kappa shape index (κ2) is 8.98. The lowest BCUT2D eigenvalue weighted by Gasteiger charge is -2.18. The summed E-state index contributed by atoms with van der Waals surface area (Å²) in [5, 5.41) is 0. The van der Waals surface area contributed by atoms with Crippen LogP contribution >= 0.6 is 0 Å². The zero-order chi connectivity index (χ0) is 18.6. The van der Waals surface area contributed by atoms with E-state index in [9.17, 15) is 4.79 Å². The maximum absolute atomic E-state index is 12.9. The molecule has 4 heteroatoms. The molecule has 0 bridgehead atoms. The Morgan fingerprint density at radius 1 is 1.00 bits per heavy atom. The van der Waals surface area contributed by atoms with Crippen LogP contribution in [0, 0.1) is 0 Å². The lowest BCUT2D eigenvalue weighted by molar-refractivity contribution is -0.688. The first-order chi connectivity index (χ1) is 13.2. The van der Waals surface area contributed by atoms with Crippen molar-refractivity contribution in [3.8, 4) is 5.75 Å². The highest BCUT2D eigenvalue weighted by atomic mass is 79.9. The number of ether oxygens (including phenoxy) is 1. The van der Waals surface area contributed by atoms with Crippen molar-refractivity contribution in [2.45, 2.75) is 19.4 Å². The van der Waals surface area contributed by atoms with Crippen LogP contribution in [0.15, 0.2) is 78.6 Å². The van der Waals surface area contributed by atoms with Crippen LogP contribution in [-0.2, 0) is 13.0 Å². The van der Waals surface area contributed by atoms with Crippen LogP contribution in [0.25, 0.3) is 6.08 Å². The van der Waals surface area contributed by atoms with Gasteiger partial charge in [-0.25, -0.2) is 4.57 Å². The van der Waals surface area contributed by atoms with Crippen molar-refractivity contribution in [3.63, 3.8) is 0 Å². The monoisotopic (exact) mass is 435 g/mol. The maximum atomic E-state index is 12.9. The van der Waals surface area contributed by atoms with Gasteiger partial charge in [0, 0.05) is 28.8 Å². The topological polar surface area (TPSA) is 30.2 Å². The van der Waals surface area contributed by atoms with Crippen LogP contribution in [-0.4, -0.2) is 12.9 Å². The molecule has 3 nitrogen and oxygen atoms in total. The number of hydrogen-bond acceptors (Lipinski definition) is 2. The smallest absolute Gasteiger partial charge is 0.189 e. The summed E-state index contributed by atoms with van der Waals surface area (Å²) in [4.78, 5) is 12.9. The van der Waals surface area contributed by atoms with Gasteiger partial charge in [0.05, 0.1) is 7.11 Å². The SMILES string of the molecule is COc1ccc2c(c1)C(=O)C(=Cc1cc[n+](Cc3ccccc3)cc1)CC2.[Br-]. The number of nitrogens with zero attached hydrogens (tertiary/aromatic N) is 1. The fraction of sp³-hybridized carbons (Fsp3) is 0.167. The van der Waals surface area contributed by atoms with Gasteiger partial charge in [0.15, 0.2) is 24.7 Å². The zero-order valence-electron chi connectivity index (χ0n) is 15.8. The van der Waals surface area contributed by atoms with Crippen LogP contribution in [0.2, 0.25) is 0 Å². The number of allylic oxidation sites excluding steroid dienone is 1. The summed E-state index contributed by atoms with van der Waals surface area (Å²) >= 11 is 0. The number of fused-ring (bicyclic) bond motifs is 1. The Bertz CT molecular complexity index is 995. The summed E-state index contributed by atoms with van der Waals surface area (Å²) in [6.07, 6.45) is 7.79. The van der Waals surface area contributed by atoms with Crippen LogP contribution < -0.4 is 26.3 Å². The number of Topliss-reactive ketones (excluding diaryl/α,β-unsaturated/α-hetero) is 1. The average molecular weight is 436 g/mol. The van der Waals surface area contributed by atoms with Gasteiger partial charge in [-0.3, -0.25) is 4.79 Å². The first-order valence-corrected chi connectivity index (χ1v) is 9.18. The molecule has 0 unspecified atom stereocenters. The highest BCUT2D eigenvalue weighted by Gasteiger charge is 2.22. The number of methoxy groups -OCH3 is 1. The lowest BCUT2D eigenvalue weighted by Crippen LogP contribution is -3.00. The molecule has 0 saturated heterocycles. The number of halogens is 1. The summed E-state index contributed by atoms with van der Waals surface area (Å²) in [6.45, 7) is 0.837. The van der Waals surface area contributed by atoms with Crippen molar-refractivity contribution in [3.05, 3.63) is 101 Å². The summed E-state index contributed by atoms with van der Waals surface area (Å²) in [5.41, 5.74) is 5.04. The van der Waals surface area contributed by atoms with Crippen LogP contribution in [0.4, 0.5) is 0 Å². The minimum absolute atomic E-state index is 0. The number of aryl methyl sites for hydroxylation is 1. The first-order valence-electron chi connectivity index (χ1n) is 9.18. The number of ketones is 1. The molecule has 0 N–H and O–H groups in total. The molecule has 28 heavy (non-hydrogen) atoms. The van der Waals surface area contributed by atoms with Crippen molar-refractivity contribution in [1.82, 2.24) is 0 Å². The molecule has 1 aliphatic carbocycles. The van der Waals surface area contributed by atoms with Gasteiger partial charge in [-0.2, -0.15) is 0 Å². The molecule has 0 fully saturated rings. The predicted molar refractivity (Wildman–Crippen MR) is 106 cm³/mol. The van der Waals surface area contributed by atoms with E-state index in [2.05, 4.69) is 53.4 Å². The minimum Gasteiger partial charge on any atom is -1.00 e. The summed E-state index contributed by atoms with van der Waals surface area (Å²) in [7, 11) is 1.63. The van der Waals surface area contributed by atoms with Crippen molar-refractivity contribution in [2.24, 2.45) is 0 Å². The van der Waals surface area contributed by atoms with E-state index >= 15 is 0 Å². The number of pyridine rings is 1. The molecular weight excluding hydrogens is 414 g/mol. The first kappa shape index (κ1) is 20.0. The van der Waals surface area contributed by atoms with E-state index in [1.807, 2.05) is 30.3 Å². The number of benzene rings is 2. The summed E-state index contributed by atoms with van der Waals surface area (Å²) < 4.78 is 7.41. The second-order valence-corrected chi connectivity index (χ2v) is 6.81. The molecule has 1 aromatic heterocycles. The Hall–Kier alpha value is -2.72. The molecule has 0 saturated carbocycles.